The Balaban J connectivity index is 1.68. The van der Waals surface area contributed by atoms with Gasteiger partial charge in [-0.2, -0.15) is 0 Å². The summed E-state index contributed by atoms with van der Waals surface area (Å²) >= 11 is 1.87. The molecule has 2 rings (SSSR count). The van der Waals surface area contributed by atoms with Crippen molar-refractivity contribution in [3.63, 3.8) is 0 Å². The fraction of sp³-hybridized carbons (Fsp3) is 0.588. The van der Waals surface area contributed by atoms with E-state index in [-0.39, 0.29) is 0 Å². The van der Waals surface area contributed by atoms with E-state index in [1.165, 1.54) is 10.5 Å². The Morgan fingerprint density at radius 3 is 2.82 bits per heavy atom. The number of guanidine groups is 1. The van der Waals surface area contributed by atoms with E-state index in [1.807, 2.05) is 18.8 Å². The molecule has 22 heavy (non-hydrogen) atoms. The molecular formula is C17H27N3OS. The Morgan fingerprint density at radius 2 is 2.18 bits per heavy atom. The van der Waals surface area contributed by atoms with Gasteiger partial charge in [-0.25, -0.2) is 0 Å². The first-order valence-corrected chi connectivity index (χ1v) is 8.86. The van der Waals surface area contributed by atoms with Gasteiger partial charge in [-0.3, -0.25) is 4.99 Å². The summed E-state index contributed by atoms with van der Waals surface area (Å²) < 4.78 is 5.44. The van der Waals surface area contributed by atoms with Crippen LogP contribution in [-0.4, -0.2) is 57.0 Å². The predicted octanol–water partition coefficient (Wildman–Crippen LogP) is 2.63. The number of thioether (sulfide) groups is 1. The number of aliphatic imine (C=N–C) groups is 1. The molecule has 1 atom stereocenters. The second-order valence-corrected chi connectivity index (χ2v) is 6.91. The lowest BCUT2D eigenvalue weighted by atomic mass is 10.1. The first-order valence-electron chi connectivity index (χ1n) is 7.88. The number of nitrogens with zero attached hydrogens (tertiary/aromatic N) is 2. The number of nitrogens with one attached hydrogen (secondary N) is 1. The second-order valence-electron chi connectivity index (χ2n) is 5.75. The van der Waals surface area contributed by atoms with Gasteiger partial charge in [0.05, 0.1) is 6.61 Å². The summed E-state index contributed by atoms with van der Waals surface area (Å²) in [6, 6.07) is 8.68. The molecule has 0 aliphatic carbocycles. The lowest BCUT2D eigenvalue weighted by Crippen LogP contribution is -2.42. The molecule has 1 aromatic rings. The fourth-order valence-corrected chi connectivity index (χ4v) is 3.32. The molecule has 1 fully saturated rings. The van der Waals surface area contributed by atoms with Gasteiger partial charge in [0.1, 0.15) is 0 Å². The summed E-state index contributed by atoms with van der Waals surface area (Å²) in [4.78, 5) is 7.89. The molecule has 0 amide bonds. The average Bonchev–Trinajstić information content (AvgIpc) is 3.02. The van der Waals surface area contributed by atoms with Crippen LogP contribution in [-0.2, 0) is 4.74 Å². The van der Waals surface area contributed by atoms with Gasteiger partial charge in [-0.15, -0.1) is 11.8 Å². The summed E-state index contributed by atoms with van der Waals surface area (Å²) in [5.74, 6) is 2.63. The molecule has 1 aliphatic heterocycles. The van der Waals surface area contributed by atoms with Gasteiger partial charge in [0.2, 0.25) is 0 Å². The molecule has 1 aromatic carbocycles. The summed E-state index contributed by atoms with van der Waals surface area (Å²) in [7, 11) is 3.94. The molecule has 1 aliphatic rings. The van der Waals surface area contributed by atoms with E-state index in [0.717, 1.165) is 44.4 Å². The standard InChI is InChI=1S/C17H27N3OS/c1-14-4-6-16(7-5-14)22-11-9-19-17(18-2)20(3)12-15-8-10-21-13-15/h4-7,15H,8-13H2,1-3H3,(H,18,19). The molecule has 0 bridgehead atoms. The molecule has 1 unspecified atom stereocenters. The summed E-state index contributed by atoms with van der Waals surface area (Å²) in [5.41, 5.74) is 1.31. The van der Waals surface area contributed by atoms with Crippen LogP contribution in [0.25, 0.3) is 0 Å². The maximum absolute atomic E-state index is 5.44. The first-order chi connectivity index (χ1) is 10.7. The van der Waals surface area contributed by atoms with Crippen LogP contribution in [0.1, 0.15) is 12.0 Å². The molecule has 1 N–H and O–H groups in total. The van der Waals surface area contributed by atoms with Crippen LogP contribution >= 0.6 is 11.8 Å². The van der Waals surface area contributed by atoms with E-state index < -0.39 is 0 Å². The summed E-state index contributed by atoms with van der Waals surface area (Å²) in [5, 5.41) is 3.44. The lowest BCUT2D eigenvalue weighted by Gasteiger charge is -2.24. The minimum atomic E-state index is 0.630. The van der Waals surface area contributed by atoms with Crippen molar-refractivity contribution in [1.29, 1.82) is 0 Å². The highest BCUT2D eigenvalue weighted by Gasteiger charge is 2.18. The van der Waals surface area contributed by atoms with Gasteiger partial charge in [0.25, 0.3) is 0 Å². The van der Waals surface area contributed by atoms with Crippen molar-refractivity contribution in [3.05, 3.63) is 29.8 Å². The smallest absolute Gasteiger partial charge is 0.193 e. The van der Waals surface area contributed by atoms with Gasteiger partial charge in [-0.1, -0.05) is 17.7 Å². The van der Waals surface area contributed by atoms with Crippen LogP contribution in [0.5, 0.6) is 0 Å². The maximum atomic E-state index is 5.44. The third kappa shape index (κ3) is 5.54. The Morgan fingerprint density at radius 1 is 1.41 bits per heavy atom. The lowest BCUT2D eigenvalue weighted by molar-refractivity contribution is 0.181. The van der Waals surface area contributed by atoms with E-state index in [9.17, 15) is 0 Å². The zero-order chi connectivity index (χ0) is 15.8. The molecule has 1 saturated heterocycles. The van der Waals surface area contributed by atoms with E-state index in [1.54, 1.807) is 0 Å². The molecule has 0 saturated carbocycles. The second kappa shape index (κ2) is 9.06. The summed E-state index contributed by atoms with van der Waals surface area (Å²) in [6.07, 6.45) is 1.16. The monoisotopic (exact) mass is 321 g/mol. The van der Waals surface area contributed by atoms with Crippen LogP contribution in [0.3, 0.4) is 0 Å². The zero-order valence-electron chi connectivity index (χ0n) is 13.8. The molecule has 5 heteroatoms. The molecule has 0 radical (unpaired) electrons. The summed E-state index contributed by atoms with van der Waals surface area (Å²) in [6.45, 7) is 5.81. The van der Waals surface area contributed by atoms with Crippen molar-refractivity contribution in [2.45, 2.75) is 18.2 Å². The third-order valence-electron chi connectivity index (χ3n) is 3.80. The molecular weight excluding hydrogens is 294 g/mol. The van der Waals surface area contributed by atoms with E-state index in [4.69, 9.17) is 4.74 Å². The Kier molecular flexibility index (Phi) is 7.06. The first kappa shape index (κ1) is 17.2. The normalized spacial score (nSPS) is 18.5. The Hall–Kier alpha value is -1.20. The zero-order valence-corrected chi connectivity index (χ0v) is 14.7. The van der Waals surface area contributed by atoms with Crippen LogP contribution in [0, 0.1) is 12.8 Å². The van der Waals surface area contributed by atoms with E-state index in [0.29, 0.717) is 5.92 Å². The van der Waals surface area contributed by atoms with Crippen molar-refractivity contribution in [1.82, 2.24) is 10.2 Å². The highest BCUT2D eigenvalue weighted by Crippen LogP contribution is 2.17. The minimum Gasteiger partial charge on any atom is -0.381 e. The predicted molar refractivity (Wildman–Crippen MR) is 94.8 cm³/mol. The molecule has 0 aromatic heterocycles. The molecule has 122 valence electrons. The topological polar surface area (TPSA) is 36.9 Å². The Bertz CT molecular complexity index is 469. The minimum absolute atomic E-state index is 0.630. The number of rotatable bonds is 6. The van der Waals surface area contributed by atoms with Crippen LogP contribution in [0.4, 0.5) is 0 Å². The number of hydrogen-bond donors (Lipinski definition) is 1. The largest absolute Gasteiger partial charge is 0.381 e. The highest BCUT2D eigenvalue weighted by molar-refractivity contribution is 7.99. The highest BCUT2D eigenvalue weighted by atomic mass is 32.2. The fourth-order valence-electron chi connectivity index (χ4n) is 2.55. The molecule has 1 heterocycles. The average molecular weight is 321 g/mol. The van der Waals surface area contributed by atoms with Crippen LogP contribution < -0.4 is 5.32 Å². The van der Waals surface area contributed by atoms with Crippen molar-refractivity contribution >= 4 is 17.7 Å². The van der Waals surface area contributed by atoms with Gasteiger partial charge < -0.3 is 15.0 Å². The molecule has 0 spiro atoms. The van der Waals surface area contributed by atoms with Gasteiger partial charge in [-0.05, 0) is 25.5 Å². The van der Waals surface area contributed by atoms with Crippen molar-refractivity contribution in [2.24, 2.45) is 10.9 Å². The maximum Gasteiger partial charge on any atom is 0.193 e. The number of ether oxygens (including phenoxy) is 1. The van der Waals surface area contributed by atoms with Crippen LogP contribution in [0.2, 0.25) is 0 Å². The van der Waals surface area contributed by atoms with Crippen LogP contribution in [0.15, 0.2) is 34.2 Å². The number of aryl methyl sites for hydroxylation is 1. The SMILES string of the molecule is CN=C(NCCSc1ccc(C)cc1)N(C)CC1CCOC1. The molecule has 4 nitrogen and oxygen atoms in total. The third-order valence-corrected chi connectivity index (χ3v) is 4.82. The van der Waals surface area contributed by atoms with Gasteiger partial charge >= 0.3 is 0 Å². The van der Waals surface area contributed by atoms with Crippen molar-refractivity contribution in [2.75, 3.05) is 46.2 Å². The van der Waals surface area contributed by atoms with Crippen molar-refractivity contribution < 1.29 is 4.74 Å². The van der Waals surface area contributed by atoms with Gasteiger partial charge in [0.15, 0.2) is 5.96 Å². The van der Waals surface area contributed by atoms with Crippen molar-refractivity contribution in [3.8, 4) is 0 Å². The number of benzene rings is 1. The quantitative estimate of drug-likeness (QED) is 0.378. The number of hydrogen-bond acceptors (Lipinski definition) is 3. The van der Waals surface area contributed by atoms with Gasteiger partial charge in [0, 0.05) is 50.4 Å². The van der Waals surface area contributed by atoms with E-state index in [2.05, 4.69) is 53.4 Å². The van der Waals surface area contributed by atoms with E-state index >= 15 is 0 Å². The Labute approximate surface area is 138 Å².